The van der Waals surface area contributed by atoms with Crippen molar-refractivity contribution in [1.29, 1.82) is 0 Å². The summed E-state index contributed by atoms with van der Waals surface area (Å²) in [5.41, 5.74) is 2.75. The molecule has 1 heterocycles. The first kappa shape index (κ1) is 25.3. The molecule has 3 aromatic carbocycles. The van der Waals surface area contributed by atoms with Gasteiger partial charge in [0.05, 0.1) is 16.6 Å². The molecule has 4 rings (SSSR count). The Balaban J connectivity index is 1.71. The minimum atomic E-state index is -0.816. The molecule has 7 heteroatoms. The third kappa shape index (κ3) is 5.09. The molecule has 0 bridgehead atoms. The van der Waals surface area contributed by atoms with E-state index in [1.165, 1.54) is 17.0 Å². The van der Waals surface area contributed by atoms with Crippen LogP contribution in [-0.2, 0) is 16.2 Å². The van der Waals surface area contributed by atoms with Crippen molar-refractivity contribution in [2.75, 3.05) is 6.54 Å². The van der Waals surface area contributed by atoms with Crippen molar-refractivity contribution >= 4 is 29.1 Å². The van der Waals surface area contributed by atoms with Crippen LogP contribution in [0.5, 0.6) is 11.5 Å². The van der Waals surface area contributed by atoms with Gasteiger partial charge in [-0.25, -0.2) is 0 Å². The van der Waals surface area contributed by atoms with Crippen molar-refractivity contribution in [3.63, 3.8) is 0 Å². The number of ketones is 1. The molecule has 36 heavy (non-hydrogen) atoms. The van der Waals surface area contributed by atoms with E-state index in [4.69, 9.17) is 16.3 Å². The summed E-state index contributed by atoms with van der Waals surface area (Å²) in [5.74, 6) is -1.13. The van der Waals surface area contributed by atoms with Crippen LogP contribution in [0.15, 0.2) is 72.3 Å². The highest BCUT2D eigenvalue weighted by molar-refractivity contribution is 6.46. The molecule has 6 nitrogen and oxygen atoms in total. The van der Waals surface area contributed by atoms with Gasteiger partial charge in [-0.1, -0.05) is 61.3 Å². The molecule has 1 aliphatic heterocycles. The number of aliphatic hydroxyl groups is 1. The maximum atomic E-state index is 13.1. The fraction of sp³-hybridized carbons (Fsp3) is 0.241. The fourth-order valence-corrected chi connectivity index (χ4v) is 4.52. The SMILES string of the molecule is CCCCN1C(=O)C(=O)/C(=C(\O)c2ccc(OCc3ccccc3)c(C)c2)C1c1ccc(O)c(Cl)c1. The Kier molecular flexibility index (Phi) is 7.65. The normalized spacial score (nSPS) is 17.0. The number of phenols is 1. The molecule has 0 spiro atoms. The van der Waals surface area contributed by atoms with Gasteiger partial charge in [-0.15, -0.1) is 0 Å². The van der Waals surface area contributed by atoms with Crippen molar-refractivity contribution in [2.24, 2.45) is 0 Å². The van der Waals surface area contributed by atoms with Crippen molar-refractivity contribution in [2.45, 2.75) is 39.3 Å². The number of hydrogen-bond donors (Lipinski definition) is 2. The summed E-state index contributed by atoms with van der Waals surface area (Å²) in [6.45, 7) is 4.60. The quantitative estimate of drug-likeness (QED) is 0.218. The predicted molar refractivity (Wildman–Crippen MR) is 139 cm³/mol. The minimum Gasteiger partial charge on any atom is -0.507 e. The molecule has 1 unspecified atom stereocenters. The second-order valence-corrected chi connectivity index (χ2v) is 9.22. The van der Waals surface area contributed by atoms with Crippen molar-refractivity contribution in [3.05, 3.63) is 99.6 Å². The molecule has 1 fully saturated rings. The van der Waals surface area contributed by atoms with E-state index in [9.17, 15) is 19.8 Å². The second-order valence-electron chi connectivity index (χ2n) is 8.81. The van der Waals surface area contributed by atoms with E-state index in [0.717, 1.165) is 17.5 Å². The van der Waals surface area contributed by atoms with Crippen LogP contribution >= 0.6 is 11.6 Å². The minimum absolute atomic E-state index is 0.00443. The number of amides is 1. The van der Waals surface area contributed by atoms with Gasteiger partial charge in [0.25, 0.3) is 11.7 Å². The van der Waals surface area contributed by atoms with Gasteiger partial charge in [-0.2, -0.15) is 0 Å². The van der Waals surface area contributed by atoms with Gasteiger partial charge in [-0.3, -0.25) is 9.59 Å². The smallest absolute Gasteiger partial charge is 0.295 e. The van der Waals surface area contributed by atoms with E-state index in [1.807, 2.05) is 44.2 Å². The first-order valence-electron chi connectivity index (χ1n) is 11.9. The van der Waals surface area contributed by atoms with Crippen LogP contribution in [0.3, 0.4) is 0 Å². The van der Waals surface area contributed by atoms with Gasteiger partial charge in [-0.05, 0) is 60.4 Å². The highest BCUT2D eigenvalue weighted by atomic mass is 35.5. The average Bonchev–Trinajstić information content (AvgIpc) is 3.13. The largest absolute Gasteiger partial charge is 0.507 e. The van der Waals surface area contributed by atoms with Crippen LogP contribution < -0.4 is 4.74 Å². The summed E-state index contributed by atoms with van der Waals surface area (Å²) in [4.78, 5) is 27.5. The molecule has 1 amide bonds. The number of aryl methyl sites for hydroxylation is 1. The van der Waals surface area contributed by atoms with Gasteiger partial charge in [0.15, 0.2) is 0 Å². The molecule has 0 saturated carbocycles. The third-order valence-electron chi connectivity index (χ3n) is 6.27. The molecule has 0 aliphatic carbocycles. The van der Waals surface area contributed by atoms with E-state index in [-0.39, 0.29) is 22.1 Å². The first-order chi connectivity index (χ1) is 17.3. The van der Waals surface area contributed by atoms with Gasteiger partial charge in [0.2, 0.25) is 0 Å². The number of rotatable bonds is 8. The number of hydrogen-bond acceptors (Lipinski definition) is 5. The third-order valence-corrected chi connectivity index (χ3v) is 6.57. The lowest BCUT2D eigenvalue weighted by atomic mass is 9.94. The summed E-state index contributed by atoms with van der Waals surface area (Å²) < 4.78 is 5.93. The number of carbonyl (C=O) groups is 2. The van der Waals surface area contributed by atoms with E-state index in [1.54, 1.807) is 24.3 Å². The van der Waals surface area contributed by atoms with Gasteiger partial charge in [0, 0.05) is 12.1 Å². The second kappa shape index (κ2) is 10.9. The van der Waals surface area contributed by atoms with Crippen molar-refractivity contribution in [1.82, 2.24) is 4.90 Å². The number of aromatic hydroxyl groups is 1. The summed E-state index contributed by atoms with van der Waals surface area (Å²) in [7, 11) is 0. The maximum absolute atomic E-state index is 13.1. The molecule has 1 atom stereocenters. The monoisotopic (exact) mass is 505 g/mol. The van der Waals surface area contributed by atoms with Crippen LogP contribution in [0.2, 0.25) is 5.02 Å². The summed E-state index contributed by atoms with van der Waals surface area (Å²) >= 11 is 6.14. The maximum Gasteiger partial charge on any atom is 0.295 e. The summed E-state index contributed by atoms with van der Waals surface area (Å²) in [6.07, 6.45) is 1.53. The number of likely N-dealkylation sites (tertiary alicyclic amines) is 1. The first-order valence-corrected chi connectivity index (χ1v) is 12.2. The number of ether oxygens (including phenoxy) is 1. The lowest BCUT2D eigenvalue weighted by Crippen LogP contribution is -2.30. The number of halogens is 1. The molecule has 1 aliphatic rings. The van der Waals surface area contributed by atoms with E-state index < -0.39 is 17.7 Å². The number of benzene rings is 3. The zero-order valence-electron chi connectivity index (χ0n) is 20.2. The van der Waals surface area contributed by atoms with E-state index in [2.05, 4.69) is 0 Å². The lowest BCUT2D eigenvalue weighted by Gasteiger charge is -2.25. The van der Waals surface area contributed by atoms with Gasteiger partial charge < -0.3 is 19.8 Å². The van der Waals surface area contributed by atoms with Gasteiger partial charge in [0.1, 0.15) is 23.9 Å². The fourth-order valence-electron chi connectivity index (χ4n) is 4.33. The van der Waals surface area contributed by atoms with E-state index in [0.29, 0.717) is 36.4 Å². The van der Waals surface area contributed by atoms with Crippen molar-refractivity contribution in [3.8, 4) is 11.5 Å². The molecule has 186 valence electrons. The van der Waals surface area contributed by atoms with Crippen LogP contribution in [0, 0.1) is 6.92 Å². The number of phenolic OH excluding ortho intramolecular Hbond substituents is 1. The Morgan fingerprint density at radius 3 is 2.47 bits per heavy atom. The Bertz CT molecular complexity index is 1320. The van der Waals surface area contributed by atoms with Crippen LogP contribution in [0.4, 0.5) is 0 Å². The molecule has 0 aromatic heterocycles. The topological polar surface area (TPSA) is 87.1 Å². The van der Waals surface area contributed by atoms with Crippen LogP contribution in [0.25, 0.3) is 5.76 Å². The molecule has 2 N–H and O–H groups in total. The van der Waals surface area contributed by atoms with Crippen molar-refractivity contribution < 1.29 is 24.5 Å². The predicted octanol–water partition coefficient (Wildman–Crippen LogP) is 6.15. The Labute approximate surface area is 215 Å². The summed E-state index contributed by atoms with van der Waals surface area (Å²) in [6, 6.07) is 18.7. The Morgan fingerprint density at radius 2 is 1.81 bits per heavy atom. The van der Waals surface area contributed by atoms with Crippen LogP contribution in [0.1, 0.15) is 48.1 Å². The number of nitrogens with zero attached hydrogens (tertiary/aromatic N) is 1. The highest BCUT2D eigenvalue weighted by Crippen LogP contribution is 2.41. The highest BCUT2D eigenvalue weighted by Gasteiger charge is 2.45. The van der Waals surface area contributed by atoms with Gasteiger partial charge >= 0.3 is 0 Å². The Morgan fingerprint density at radius 1 is 1.06 bits per heavy atom. The van der Waals surface area contributed by atoms with E-state index >= 15 is 0 Å². The average molecular weight is 506 g/mol. The zero-order chi connectivity index (χ0) is 25.8. The number of unbranched alkanes of at least 4 members (excludes halogenated alkanes) is 1. The summed E-state index contributed by atoms with van der Waals surface area (Å²) in [5, 5.41) is 21.3. The molecular weight excluding hydrogens is 478 g/mol. The Hall–Kier alpha value is -3.77. The number of Topliss-reactive ketones (excluding diaryl/α,β-unsaturated/α-hetero) is 1. The standard InChI is InChI=1S/C29H28ClNO5/c1-3-4-14-31-26(20-10-12-23(32)22(30)16-20)25(28(34)29(31)35)27(33)21-11-13-24(18(2)15-21)36-17-19-8-6-5-7-9-19/h5-13,15-16,26,32-33H,3-4,14,17H2,1-2H3/b27-25-. The zero-order valence-corrected chi connectivity index (χ0v) is 21.0. The number of aliphatic hydroxyl groups excluding tert-OH is 1. The van der Waals surface area contributed by atoms with Crippen LogP contribution in [-0.4, -0.2) is 33.3 Å². The molecule has 1 saturated heterocycles. The molecule has 0 radical (unpaired) electrons. The number of carbonyl (C=O) groups excluding carboxylic acids is 2. The molecular formula is C29H28ClNO5. The molecule has 3 aromatic rings. The lowest BCUT2D eigenvalue weighted by molar-refractivity contribution is -0.139.